The van der Waals surface area contributed by atoms with Crippen LogP contribution in [-0.4, -0.2) is 35.2 Å². The van der Waals surface area contributed by atoms with Crippen LogP contribution in [0.15, 0.2) is 60.7 Å². The summed E-state index contributed by atoms with van der Waals surface area (Å²) in [4.78, 5) is 35.2. The molecule has 4 N–H and O–H groups in total. The summed E-state index contributed by atoms with van der Waals surface area (Å²) in [5.41, 5.74) is 7.48. The van der Waals surface area contributed by atoms with E-state index in [0.717, 1.165) is 11.1 Å². The molecule has 1 amide bonds. The largest absolute Gasteiger partial charge is 0.480 e. The molecule has 8 heteroatoms. The monoisotopic (exact) mass is 442 g/mol. The van der Waals surface area contributed by atoms with Crippen molar-refractivity contribution in [3.05, 3.63) is 71.8 Å². The van der Waals surface area contributed by atoms with Gasteiger partial charge in [-0.3, -0.25) is 9.59 Å². The quantitative estimate of drug-likeness (QED) is 0.320. The van der Waals surface area contributed by atoms with Crippen LogP contribution in [0.2, 0.25) is 0 Å². The van der Waals surface area contributed by atoms with Gasteiger partial charge in [0.2, 0.25) is 0 Å². The molecule has 0 radical (unpaired) electrons. The van der Waals surface area contributed by atoms with E-state index in [0.29, 0.717) is 25.7 Å². The molecule has 0 saturated carbocycles. The topological polar surface area (TPSA) is 128 Å². The zero-order valence-electron chi connectivity index (χ0n) is 17.9. The molecular weight excluding hydrogens is 412 g/mol. The minimum atomic E-state index is -1.25. The molecule has 0 spiro atoms. The first kappa shape index (κ1) is 24.9. The Kier molecular flexibility index (Phi) is 10.7. The first-order valence-electron chi connectivity index (χ1n) is 10.6. The van der Waals surface area contributed by atoms with Crippen molar-refractivity contribution in [1.29, 1.82) is 0 Å². The molecule has 8 nitrogen and oxygen atoms in total. The third-order valence-corrected chi connectivity index (χ3v) is 4.87. The van der Waals surface area contributed by atoms with E-state index in [4.69, 9.17) is 15.2 Å². The Hall–Kier alpha value is -3.39. The summed E-state index contributed by atoms with van der Waals surface area (Å²) in [7, 11) is 0. The van der Waals surface area contributed by atoms with Crippen LogP contribution in [0.3, 0.4) is 0 Å². The SMILES string of the molecule is NC(C(=O)O)[C@H](CCCCCC(=O)OCc1ccccc1)NC(=O)OCc1ccccc1. The van der Waals surface area contributed by atoms with E-state index in [9.17, 15) is 19.5 Å². The van der Waals surface area contributed by atoms with Gasteiger partial charge in [0.1, 0.15) is 19.3 Å². The Morgan fingerprint density at radius 2 is 1.41 bits per heavy atom. The third kappa shape index (κ3) is 9.61. The number of hydrogen-bond donors (Lipinski definition) is 3. The summed E-state index contributed by atoms with van der Waals surface area (Å²) in [6.07, 6.45) is 1.77. The number of esters is 1. The van der Waals surface area contributed by atoms with Gasteiger partial charge in [-0.2, -0.15) is 0 Å². The van der Waals surface area contributed by atoms with Gasteiger partial charge in [0.05, 0.1) is 6.04 Å². The van der Waals surface area contributed by atoms with Crippen molar-refractivity contribution in [3.8, 4) is 0 Å². The maximum Gasteiger partial charge on any atom is 0.407 e. The predicted octanol–water partition coefficient (Wildman–Crippen LogP) is 3.39. The lowest BCUT2D eigenvalue weighted by Gasteiger charge is -2.22. The van der Waals surface area contributed by atoms with E-state index < -0.39 is 24.1 Å². The summed E-state index contributed by atoms with van der Waals surface area (Å²) in [6.45, 7) is 0.316. The number of carboxylic acids is 1. The van der Waals surface area contributed by atoms with E-state index >= 15 is 0 Å². The molecule has 0 aromatic heterocycles. The molecule has 0 saturated heterocycles. The van der Waals surface area contributed by atoms with Crippen LogP contribution in [0.4, 0.5) is 4.79 Å². The van der Waals surface area contributed by atoms with Crippen LogP contribution < -0.4 is 11.1 Å². The maximum atomic E-state index is 12.1. The average molecular weight is 443 g/mol. The number of rotatable bonds is 13. The fourth-order valence-corrected chi connectivity index (χ4v) is 3.05. The molecule has 0 aliphatic carbocycles. The number of amides is 1. The number of carbonyl (C=O) groups excluding carboxylic acids is 2. The summed E-state index contributed by atoms with van der Waals surface area (Å²) < 4.78 is 10.4. The van der Waals surface area contributed by atoms with Gasteiger partial charge in [-0.05, 0) is 24.0 Å². The highest BCUT2D eigenvalue weighted by Gasteiger charge is 2.26. The summed E-state index contributed by atoms with van der Waals surface area (Å²) in [5.74, 6) is -1.49. The van der Waals surface area contributed by atoms with Crippen molar-refractivity contribution >= 4 is 18.0 Å². The lowest BCUT2D eigenvalue weighted by atomic mass is 10.0. The summed E-state index contributed by atoms with van der Waals surface area (Å²) >= 11 is 0. The molecule has 32 heavy (non-hydrogen) atoms. The predicted molar refractivity (Wildman–Crippen MR) is 118 cm³/mol. The molecule has 0 fully saturated rings. The summed E-state index contributed by atoms with van der Waals surface area (Å²) in [6, 6.07) is 16.6. The first-order valence-corrected chi connectivity index (χ1v) is 10.6. The van der Waals surface area contributed by atoms with Crippen molar-refractivity contribution < 1.29 is 29.0 Å². The number of aliphatic carboxylic acids is 1. The zero-order chi connectivity index (χ0) is 23.2. The number of ether oxygens (including phenoxy) is 2. The molecule has 1 unspecified atom stereocenters. The Morgan fingerprint density at radius 3 is 1.97 bits per heavy atom. The van der Waals surface area contributed by atoms with Gasteiger partial charge in [0.25, 0.3) is 0 Å². The molecular formula is C24H30N2O6. The minimum absolute atomic E-state index is 0.0762. The number of carbonyl (C=O) groups is 3. The van der Waals surface area contributed by atoms with E-state index in [2.05, 4.69) is 5.32 Å². The van der Waals surface area contributed by atoms with Gasteiger partial charge in [0, 0.05) is 6.42 Å². The Morgan fingerprint density at radius 1 is 0.844 bits per heavy atom. The smallest absolute Gasteiger partial charge is 0.407 e. The van der Waals surface area contributed by atoms with Gasteiger partial charge in [-0.1, -0.05) is 73.5 Å². The van der Waals surface area contributed by atoms with Gasteiger partial charge in [-0.25, -0.2) is 4.79 Å². The Labute approximate surface area is 187 Å². The van der Waals surface area contributed by atoms with Crippen LogP contribution in [-0.2, 0) is 32.3 Å². The highest BCUT2D eigenvalue weighted by atomic mass is 16.5. The van der Waals surface area contributed by atoms with Gasteiger partial charge >= 0.3 is 18.0 Å². The fraction of sp³-hybridized carbons (Fsp3) is 0.375. The minimum Gasteiger partial charge on any atom is -0.480 e. The second-order valence-electron chi connectivity index (χ2n) is 7.42. The molecule has 0 aliphatic rings. The second-order valence-corrected chi connectivity index (χ2v) is 7.42. The number of nitrogens with one attached hydrogen (secondary N) is 1. The van der Waals surface area contributed by atoms with Gasteiger partial charge in [0.15, 0.2) is 0 Å². The summed E-state index contributed by atoms with van der Waals surface area (Å²) in [5, 5.41) is 11.8. The lowest BCUT2D eigenvalue weighted by Crippen LogP contribution is -2.51. The van der Waals surface area contributed by atoms with Crippen molar-refractivity contribution in [2.75, 3.05) is 0 Å². The molecule has 172 valence electrons. The van der Waals surface area contributed by atoms with E-state index in [1.807, 2.05) is 60.7 Å². The van der Waals surface area contributed by atoms with Crippen LogP contribution in [0.1, 0.15) is 43.2 Å². The average Bonchev–Trinajstić information content (AvgIpc) is 2.81. The highest BCUT2D eigenvalue weighted by Crippen LogP contribution is 2.11. The van der Waals surface area contributed by atoms with Crippen LogP contribution in [0, 0.1) is 0 Å². The molecule has 2 aromatic rings. The molecule has 0 heterocycles. The number of benzene rings is 2. The van der Waals surface area contributed by atoms with Crippen molar-refractivity contribution in [1.82, 2.24) is 5.32 Å². The maximum absolute atomic E-state index is 12.1. The normalized spacial score (nSPS) is 12.4. The zero-order valence-corrected chi connectivity index (χ0v) is 17.9. The van der Waals surface area contributed by atoms with Crippen LogP contribution in [0.25, 0.3) is 0 Å². The van der Waals surface area contributed by atoms with Gasteiger partial charge in [-0.15, -0.1) is 0 Å². The standard InChI is InChI=1S/C24H30N2O6/c25-22(23(28)29)20(26-24(30)32-17-19-12-6-2-7-13-19)14-8-3-9-15-21(27)31-16-18-10-4-1-5-11-18/h1-2,4-7,10-13,20,22H,3,8-9,14-17,25H2,(H,26,30)(H,28,29)/t20-,22?/m0/s1. The van der Waals surface area contributed by atoms with Crippen LogP contribution >= 0.6 is 0 Å². The number of hydrogen-bond acceptors (Lipinski definition) is 6. The Balaban J connectivity index is 1.68. The molecule has 2 aromatic carbocycles. The first-order chi connectivity index (χ1) is 15.5. The number of unbranched alkanes of at least 4 members (excludes halogenated alkanes) is 2. The number of nitrogens with two attached hydrogens (primary N) is 1. The van der Waals surface area contributed by atoms with Gasteiger partial charge < -0.3 is 25.6 Å². The number of alkyl carbamates (subject to hydrolysis) is 1. The lowest BCUT2D eigenvalue weighted by molar-refractivity contribution is -0.145. The number of carboxylic acid groups (broad SMARTS) is 1. The van der Waals surface area contributed by atoms with E-state index in [1.165, 1.54) is 0 Å². The highest BCUT2D eigenvalue weighted by molar-refractivity contribution is 5.76. The fourth-order valence-electron chi connectivity index (χ4n) is 3.05. The third-order valence-electron chi connectivity index (χ3n) is 4.87. The second kappa shape index (κ2) is 13.8. The molecule has 2 rings (SSSR count). The molecule has 2 atom stereocenters. The van der Waals surface area contributed by atoms with Crippen molar-refractivity contribution in [2.24, 2.45) is 5.73 Å². The van der Waals surface area contributed by atoms with E-state index in [-0.39, 0.29) is 25.6 Å². The van der Waals surface area contributed by atoms with Crippen LogP contribution in [0.5, 0.6) is 0 Å². The van der Waals surface area contributed by atoms with Crippen molar-refractivity contribution in [3.63, 3.8) is 0 Å². The van der Waals surface area contributed by atoms with E-state index in [1.54, 1.807) is 0 Å². The Bertz CT molecular complexity index is 844. The molecule has 0 aliphatic heterocycles. The van der Waals surface area contributed by atoms with Crippen molar-refractivity contribution in [2.45, 2.75) is 57.4 Å². The molecule has 0 bridgehead atoms.